The van der Waals surface area contributed by atoms with E-state index in [1.807, 2.05) is 0 Å². The highest BCUT2D eigenvalue weighted by Gasteiger charge is 2.38. The average Bonchev–Trinajstić information content (AvgIpc) is 1.99. The van der Waals surface area contributed by atoms with Gasteiger partial charge in [-0.25, -0.2) is 4.98 Å². The normalized spacial score (nSPS) is 12.9. The Morgan fingerprint density at radius 1 is 1.07 bits per heavy atom. The standard InChI is InChI=1S/C6H2F6N2O/c7-5(8,9)2-1-13-3(4(15)14-2)6(10,11)12/h1H,(H,14,15). The molecule has 1 aromatic rings. The molecular weight excluding hydrogens is 230 g/mol. The SMILES string of the molecule is O=c1[nH]c(C(F)(F)F)cnc1C(F)(F)F. The Hall–Kier alpha value is -1.54. The van der Waals surface area contributed by atoms with Gasteiger partial charge in [-0.3, -0.25) is 4.79 Å². The van der Waals surface area contributed by atoms with Gasteiger partial charge in [-0.05, 0) is 0 Å². The molecule has 0 aromatic carbocycles. The molecule has 0 bridgehead atoms. The zero-order chi connectivity index (χ0) is 11.9. The van der Waals surface area contributed by atoms with Crippen molar-refractivity contribution >= 4 is 0 Å². The number of nitrogens with one attached hydrogen (secondary N) is 1. The summed E-state index contributed by atoms with van der Waals surface area (Å²) >= 11 is 0. The zero-order valence-corrected chi connectivity index (χ0v) is 6.70. The second-order valence-corrected chi connectivity index (χ2v) is 2.47. The number of aromatic amines is 1. The third-order valence-electron chi connectivity index (χ3n) is 1.36. The number of nitrogens with zero attached hydrogens (tertiary/aromatic N) is 1. The van der Waals surface area contributed by atoms with Crippen molar-refractivity contribution in [2.75, 3.05) is 0 Å². The van der Waals surface area contributed by atoms with Gasteiger partial charge in [0.25, 0.3) is 5.56 Å². The number of hydrogen-bond donors (Lipinski definition) is 1. The molecule has 1 N–H and O–H groups in total. The molecule has 1 rings (SSSR count). The Kier molecular flexibility index (Phi) is 2.49. The Balaban J connectivity index is 3.28. The fourth-order valence-electron chi connectivity index (χ4n) is 0.748. The van der Waals surface area contributed by atoms with Gasteiger partial charge >= 0.3 is 12.4 Å². The lowest BCUT2D eigenvalue weighted by Crippen LogP contribution is -2.26. The summed E-state index contributed by atoms with van der Waals surface area (Å²) in [7, 11) is 0. The van der Waals surface area contributed by atoms with Gasteiger partial charge in [-0.15, -0.1) is 0 Å². The van der Waals surface area contributed by atoms with E-state index in [9.17, 15) is 31.1 Å². The highest BCUT2D eigenvalue weighted by atomic mass is 19.4. The Morgan fingerprint density at radius 3 is 1.93 bits per heavy atom. The van der Waals surface area contributed by atoms with Crippen molar-refractivity contribution in [1.82, 2.24) is 9.97 Å². The molecule has 84 valence electrons. The molecule has 3 nitrogen and oxygen atoms in total. The quantitative estimate of drug-likeness (QED) is 0.693. The summed E-state index contributed by atoms with van der Waals surface area (Å²) in [6, 6.07) is 0. The van der Waals surface area contributed by atoms with Gasteiger partial charge in [0.1, 0.15) is 5.69 Å². The fourth-order valence-corrected chi connectivity index (χ4v) is 0.748. The number of rotatable bonds is 0. The largest absolute Gasteiger partial charge is 0.438 e. The first-order valence-corrected chi connectivity index (χ1v) is 3.36. The van der Waals surface area contributed by atoms with Crippen molar-refractivity contribution in [1.29, 1.82) is 0 Å². The van der Waals surface area contributed by atoms with E-state index in [1.54, 1.807) is 0 Å². The molecule has 0 radical (unpaired) electrons. The summed E-state index contributed by atoms with van der Waals surface area (Å²) in [6.45, 7) is 0. The first-order valence-electron chi connectivity index (χ1n) is 3.36. The van der Waals surface area contributed by atoms with E-state index in [2.05, 4.69) is 4.98 Å². The monoisotopic (exact) mass is 232 g/mol. The summed E-state index contributed by atoms with van der Waals surface area (Å²) in [5.74, 6) is 0. The third-order valence-corrected chi connectivity index (χ3v) is 1.36. The third kappa shape index (κ3) is 2.48. The number of halogens is 6. The van der Waals surface area contributed by atoms with Gasteiger partial charge in [0.2, 0.25) is 5.69 Å². The smallest absolute Gasteiger partial charge is 0.315 e. The predicted octanol–water partition coefficient (Wildman–Crippen LogP) is 1.81. The first kappa shape index (κ1) is 11.5. The zero-order valence-electron chi connectivity index (χ0n) is 6.70. The van der Waals surface area contributed by atoms with Crippen molar-refractivity contribution < 1.29 is 26.3 Å². The Labute approximate surface area is 77.8 Å². The van der Waals surface area contributed by atoms with Crippen LogP contribution in [0.5, 0.6) is 0 Å². The van der Waals surface area contributed by atoms with Crippen LogP contribution in [0.2, 0.25) is 0 Å². The number of aromatic nitrogens is 2. The molecule has 0 aliphatic rings. The molecule has 0 saturated heterocycles. The molecule has 15 heavy (non-hydrogen) atoms. The van der Waals surface area contributed by atoms with Crippen molar-refractivity contribution in [2.45, 2.75) is 12.4 Å². The predicted molar refractivity (Wildman–Crippen MR) is 34.9 cm³/mol. The molecule has 0 spiro atoms. The van der Waals surface area contributed by atoms with E-state index in [4.69, 9.17) is 0 Å². The highest BCUT2D eigenvalue weighted by molar-refractivity contribution is 5.08. The minimum absolute atomic E-state index is 0.0791. The van der Waals surface area contributed by atoms with Crippen LogP contribution < -0.4 is 5.56 Å². The Morgan fingerprint density at radius 2 is 1.60 bits per heavy atom. The summed E-state index contributed by atoms with van der Waals surface area (Å²) in [6.07, 6.45) is -10.1. The van der Waals surface area contributed by atoms with Crippen LogP contribution in [0.25, 0.3) is 0 Å². The number of alkyl halides is 6. The van der Waals surface area contributed by atoms with Crippen LogP contribution in [0.1, 0.15) is 11.4 Å². The average molecular weight is 232 g/mol. The van der Waals surface area contributed by atoms with Crippen LogP contribution in [-0.2, 0) is 12.4 Å². The highest BCUT2D eigenvalue weighted by Crippen LogP contribution is 2.28. The van der Waals surface area contributed by atoms with E-state index >= 15 is 0 Å². The van der Waals surface area contributed by atoms with Crippen LogP contribution >= 0.6 is 0 Å². The van der Waals surface area contributed by atoms with Crippen molar-refractivity contribution in [2.24, 2.45) is 0 Å². The second-order valence-electron chi connectivity index (χ2n) is 2.47. The summed E-state index contributed by atoms with van der Waals surface area (Å²) < 4.78 is 71.5. The molecule has 9 heteroatoms. The van der Waals surface area contributed by atoms with E-state index in [-0.39, 0.29) is 6.20 Å². The summed E-state index contributed by atoms with van der Waals surface area (Å²) in [5, 5.41) is 0. The van der Waals surface area contributed by atoms with Gasteiger partial charge in [-0.2, -0.15) is 26.3 Å². The molecule has 1 heterocycles. The number of hydrogen-bond acceptors (Lipinski definition) is 2. The Bertz CT molecular complexity index is 417. The molecule has 0 aliphatic heterocycles. The van der Waals surface area contributed by atoms with E-state index in [0.717, 1.165) is 4.98 Å². The van der Waals surface area contributed by atoms with Gasteiger partial charge in [0.05, 0.1) is 6.20 Å². The lowest BCUT2D eigenvalue weighted by atomic mass is 10.4. The molecule has 0 atom stereocenters. The lowest BCUT2D eigenvalue weighted by molar-refractivity contribution is -0.147. The van der Waals surface area contributed by atoms with Crippen molar-refractivity contribution in [3.8, 4) is 0 Å². The molecule has 0 fully saturated rings. The van der Waals surface area contributed by atoms with Gasteiger partial charge in [0.15, 0.2) is 0 Å². The van der Waals surface area contributed by atoms with Crippen molar-refractivity contribution in [3.63, 3.8) is 0 Å². The minimum atomic E-state index is -5.07. The molecular formula is C6H2F6N2O. The maximum Gasteiger partial charge on any atom is 0.438 e. The summed E-state index contributed by atoms with van der Waals surface area (Å²) in [5.41, 5.74) is -5.45. The minimum Gasteiger partial charge on any atom is -0.315 e. The molecule has 0 amide bonds. The lowest BCUT2D eigenvalue weighted by Gasteiger charge is -2.07. The molecule has 0 aliphatic carbocycles. The van der Waals surface area contributed by atoms with Crippen LogP contribution in [-0.4, -0.2) is 9.97 Å². The topological polar surface area (TPSA) is 45.8 Å². The number of H-pyrrole nitrogens is 1. The van der Waals surface area contributed by atoms with Gasteiger partial charge < -0.3 is 4.98 Å². The molecule has 0 unspecified atom stereocenters. The summed E-state index contributed by atoms with van der Waals surface area (Å²) in [4.78, 5) is 14.1. The van der Waals surface area contributed by atoms with E-state index in [0.29, 0.717) is 0 Å². The van der Waals surface area contributed by atoms with E-state index in [1.165, 1.54) is 0 Å². The van der Waals surface area contributed by atoms with E-state index < -0.39 is 29.3 Å². The van der Waals surface area contributed by atoms with Crippen LogP contribution in [0.4, 0.5) is 26.3 Å². The van der Waals surface area contributed by atoms with Crippen LogP contribution in [0.3, 0.4) is 0 Å². The molecule has 1 aromatic heterocycles. The van der Waals surface area contributed by atoms with Crippen LogP contribution in [0, 0.1) is 0 Å². The van der Waals surface area contributed by atoms with Crippen LogP contribution in [0.15, 0.2) is 11.0 Å². The second kappa shape index (κ2) is 3.24. The maximum absolute atomic E-state index is 11.9. The maximum atomic E-state index is 11.9. The van der Waals surface area contributed by atoms with Gasteiger partial charge in [0, 0.05) is 0 Å². The molecule has 0 saturated carbocycles. The van der Waals surface area contributed by atoms with Gasteiger partial charge in [-0.1, -0.05) is 0 Å². The van der Waals surface area contributed by atoms with Crippen molar-refractivity contribution in [3.05, 3.63) is 27.9 Å². The first-order chi connectivity index (χ1) is 6.62. The fraction of sp³-hybridized carbons (Fsp3) is 0.333.